The molecule has 4 rings (SSSR count). The summed E-state index contributed by atoms with van der Waals surface area (Å²) in [6, 6.07) is 13.1. The van der Waals surface area contributed by atoms with E-state index in [0.717, 1.165) is 35.0 Å². The third-order valence-electron chi connectivity index (χ3n) is 4.54. The highest BCUT2D eigenvalue weighted by Gasteiger charge is 2.20. The highest BCUT2D eigenvalue weighted by atomic mass is 35.5. The van der Waals surface area contributed by atoms with Gasteiger partial charge in [0.25, 0.3) is 5.91 Å². The molecule has 1 heterocycles. The Bertz CT molecular complexity index is 932. The molecule has 0 fully saturated rings. The van der Waals surface area contributed by atoms with Gasteiger partial charge in [-0.05, 0) is 54.3 Å². The van der Waals surface area contributed by atoms with Crippen molar-refractivity contribution in [1.29, 1.82) is 0 Å². The summed E-state index contributed by atoms with van der Waals surface area (Å²) in [7, 11) is 0. The van der Waals surface area contributed by atoms with Crippen LogP contribution in [0.25, 0.3) is 10.9 Å². The number of aliphatic hydroxyl groups is 1. The van der Waals surface area contributed by atoms with Gasteiger partial charge in [-0.1, -0.05) is 23.7 Å². The predicted octanol–water partition coefficient (Wildman–Crippen LogP) is 3.92. The monoisotopic (exact) mass is 340 g/mol. The van der Waals surface area contributed by atoms with E-state index in [1.807, 2.05) is 24.3 Å². The molecule has 0 aliphatic heterocycles. The Morgan fingerprint density at radius 1 is 1.25 bits per heavy atom. The van der Waals surface area contributed by atoms with Crippen LogP contribution in [-0.4, -0.2) is 22.1 Å². The van der Waals surface area contributed by atoms with Gasteiger partial charge in [-0.2, -0.15) is 0 Å². The first-order chi connectivity index (χ1) is 11.6. The van der Waals surface area contributed by atoms with Gasteiger partial charge in [-0.3, -0.25) is 4.79 Å². The van der Waals surface area contributed by atoms with Crippen LogP contribution in [0.3, 0.4) is 0 Å². The van der Waals surface area contributed by atoms with Crippen LogP contribution in [0.15, 0.2) is 42.5 Å². The molecule has 24 heavy (non-hydrogen) atoms. The Morgan fingerprint density at radius 3 is 3.00 bits per heavy atom. The van der Waals surface area contributed by atoms with E-state index in [1.165, 1.54) is 5.56 Å². The first-order valence-corrected chi connectivity index (χ1v) is 8.36. The van der Waals surface area contributed by atoms with Crippen LogP contribution in [0.4, 0.5) is 5.69 Å². The molecule has 2 aromatic carbocycles. The number of H-pyrrole nitrogens is 1. The molecule has 122 valence electrons. The minimum absolute atomic E-state index is 0.198. The second-order valence-corrected chi connectivity index (χ2v) is 6.65. The van der Waals surface area contributed by atoms with Crippen molar-refractivity contribution in [1.82, 2.24) is 4.98 Å². The standard InChI is InChI=1S/C19H17ClN2O2/c20-13-5-7-16-12(8-13)9-18(21-16)19(24)22-17-3-1-2-11-4-6-14(23)10-15(11)17/h1-3,5,7-9,14,21,23H,4,6,10H2,(H,22,24). The van der Waals surface area contributed by atoms with Gasteiger partial charge in [0.05, 0.1) is 6.10 Å². The molecule has 0 spiro atoms. The van der Waals surface area contributed by atoms with Crippen molar-refractivity contribution in [3.8, 4) is 0 Å². The lowest BCUT2D eigenvalue weighted by Gasteiger charge is -2.23. The minimum atomic E-state index is -0.342. The van der Waals surface area contributed by atoms with Gasteiger partial charge in [0, 0.05) is 28.0 Å². The number of nitrogens with one attached hydrogen (secondary N) is 2. The van der Waals surface area contributed by atoms with Crippen LogP contribution < -0.4 is 5.32 Å². The number of aliphatic hydroxyl groups excluding tert-OH is 1. The summed E-state index contributed by atoms with van der Waals surface area (Å²) >= 11 is 5.99. The van der Waals surface area contributed by atoms with Crippen LogP contribution in [0.5, 0.6) is 0 Å². The summed E-state index contributed by atoms with van der Waals surface area (Å²) in [5.41, 5.74) is 4.36. The van der Waals surface area contributed by atoms with Crippen molar-refractivity contribution < 1.29 is 9.90 Å². The van der Waals surface area contributed by atoms with E-state index in [1.54, 1.807) is 12.1 Å². The molecule has 1 unspecified atom stereocenters. The third kappa shape index (κ3) is 2.79. The summed E-state index contributed by atoms with van der Waals surface area (Å²) in [4.78, 5) is 15.7. The van der Waals surface area contributed by atoms with E-state index in [2.05, 4.69) is 16.4 Å². The molecule has 1 aliphatic rings. The zero-order valence-electron chi connectivity index (χ0n) is 13.0. The maximum atomic E-state index is 12.6. The van der Waals surface area contributed by atoms with Crippen LogP contribution >= 0.6 is 11.6 Å². The second-order valence-electron chi connectivity index (χ2n) is 6.21. The van der Waals surface area contributed by atoms with Crippen LogP contribution in [0.2, 0.25) is 5.02 Å². The molecule has 1 atom stereocenters. The number of hydrogen-bond donors (Lipinski definition) is 3. The van der Waals surface area contributed by atoms with Gasteiger partial charge in [0.2, 0.25) is 0 Å². The number of anilines is 1. The zero-order chi connectivity index (χ0) is 16.7. The number of aromatic nitrogens is 1. The topological polar surface area (TPSA) is 65.1 Å². The van der Waals surface area contributed by atoms with Crippen molar-refractivity contribution in [2.45, 2.75) is 25.4 Å². The Morgan fingerprint density at radius 2 is 2.12 bits per heavy atom. The number of carbonyl (C=O) groups is 1. The molecule has 0 saturated heterocycles. The molecule has 3 N–H and O–H groups in total. The molecule has 1 amide bonds. The van der Waals surface area contributed by atoms with Crippen LogP contribution in [0, 0.1) is 0 Å². The number of aryl methyl sites for hydroxylation is 1. The molecule has 5 heteroatoms. The Hall–Kier alpha value is -2.30. The fourth-order valence-corrected chi connectivity index (χ4v) is 3.48. The maximum absolute atomic E-state index is 12.6. The highest BCUT2D eigenvalue weighted by Crippen LogP contribution is 2.29. The number of amides is 1. The van der Waals surface area contributed by atoms with Gasteiger partial charge in [0.15, 0.2) is 0 Å². The quantitative estimate of drug-likeness (QED) is 0.662. The van der Waals surface area contributed by atoms with E-state index in [4.69, 9.17) is 11.6 Å². The molecule has 0 radical (unpaired) electrons. The molecule has 1 aromatic heterocycles. The van der Waals surface area contributed by atoms with Gasteiger partial charge >= 0.3 is 0 Å². The summed E-state index contributed by atoms with van der Waals surface area (Å²) in [5.74, 6) is -0.198. The van der Waals surface area contributed by atoms with Crippen LogP contribution in [0.1, 0.15) is 28.0 Å². The normalized spacial score (nSPS) is 16.8. The van der Waals surface area contributed by atoms with Crippen molar-refractivity contribution >= 4 is 34.1 Å². The minimum Gasteiger partial charge on any atom is -0.393 e. The smallest absolute Gasteiger partial charge is 0.272 e. The summed E-state index contributed by atoms with van der Waals surface area (Å²) in [6.07, 6.45) is 1.84. The predicted molar refractivity (Wildman–Crippen MR) is 95.7 cm³/mol. The number of hydrogen-bond acceptors (Lipinski definition) is 2. The molecule has 1 aliphatic carbocycles. The lowest BCUT2D eigenvalue weighted by Crippen LogP contribution is -2.21. The highest BCUT2D eigenvalue weighted by molar-refractivity contribution is 6.31. The second kappa shape index (κ2) is 5.96. The number of halogens is 1. The average Bonchev–Trinajstić information content (AvgIpc) is 2.98. The fourth-order valence-electron chi connectivity index (χ4n) is 3.30. The molecular formula is C19H17ClN2O2. The van der Waals surface area contributed by atoms with Crippen LogP contribution in [-0.2, 0) is 12.8 Å². The van der Waals surface area contributed by atoms with E-state index in [0.29, 0.717) is 17.1 Å². The molecule has 0 saturated carbocycles. The van der Waals surface area contributed by atoms with Gasteiger partial charge in [-0.25, -0.2) is 0 Å². The van der Waals surface area contributed by atoms with Gasteiger partial charge < -0.3 is 15.4 Å². The number of rotatable bonds is 2. The van der Waals surface area contributed by atoms with Crippen molar-refractivity contribution in [2.24, 2.45) is 0 Å². The number of benzene rings is 2. The van der Waals surface area contributed by atoms with Crippen molar-refractivity contribution in [2.75, 3.05) is 5.32 Å². The van der Waals surface area contributed by atoms with E-state index >= 15 is 0 Å². The van der Waals surface area contributed by atoms with Gasteiger partial charge in [0.1, 0.15) is 5.69 Å². The largest absolute Gasteiger partial charge is 0.393 e. The number of aromatic amines is 1. The molecule has 0 bridgehead atoms. The van der Waals surface area contributed by atoms with E-state index in [9.17, 15) is 9.90 Å². The summed E-state index contributed by atoms with van der Waals surface area (Å²) in [5, 5.41) is 14.4. The summed E-state index contributed by atoms with van der Waals surface area (Å²) < 4.78 is 0. The Balaban J connectivity index is 1.64. The number of carbonyl (C=O) groups excluding carboxylic acids is 1. The van der Waals surface area contributed by atoms with Gasteiger partial charge in [-0.15, -0.1) is 0 Å². The average molecular weight is 341 g/mol. The summed E-state index contributed by atoms with van der Waals surface area (Å²) in [6.45, 7) is 0. The van der Waals surface area contributed by atoms with E-state index in [-0.39, 0.29) is 12.0 Å². The first kappa shape index (κ1) is 15.2. The van der Waals surface area contributed by atoms with E-state index < -0.39 is 0 Å². The zero-order valence-corrected chi connectivity index (χ0v) is 13.7. The first-order valence-electron chi connectivity index (χ1n) is 7.98. The number of fused-ring (bicyclic) bond motifs is 2. The lowest BCUT2D eigenvalue weighted by molar-refractivity contribution is 0.102. The van der Waals surface area contributed by atoms with Crippen molar-refractivity contribution in [3.63, 3.8) is 0 Å². The molecule has 4 nitrogen and oxygen atoms in total. The lowest BCUT2D eigenvalue weighted by atomic mass is 9.88. The third-order valence-corrected chi connectivity index (χ3v) is 4.77. The Labute approximate surface area is 144 Å². The molecule has 3 aromatic rings. The van der Waals surface area contributed by atoms with Crippen molar-refractivity contribution in [3.05, 3.63) is 64.3 Å². The molecular weight excluding hydrogens is 324 g/mol. The maximum Gasteiger partial charge on any atom is 0.272 e. The fraction of sp³-hybridized carbons (Fsp3) is 0.211. The Kier molecular flexibility index (Phi) is 3.79. The SMILES string of the molecule is O=C(Nc1cccc2c1CC(O)CC2)c1cc2cc(Cl)ccc2[nH]1.